The molecule has 1 unspecified atom stereocenters. The molecular weight excluding hydrogens is 402 g/mol. The number of nitrogens with zero attached hydrogens (tertiary/aromatic N) is 1. The SMILES string of the molecule is CCNC1CC=C(CN[C@@H](CN2CC[C@H](C3=CC=C(Cl)CC3)C(C)(C)C2)C(C)C)CC1. The van der Waals surface area contributed by atoms with E-state index in [0.717, 1.165) is 37.5 Å². The number of rotatable bonds is 9. The quantitative estimate of drug-likeness (QED) is 0.432. The van der Waals surface area contributed by atoms with E-state index in [-0.39, 0.29) is 0 Å². The summed E-state index contributed by atoms with van der Waals surface area (Å²) >= 11 is 6.20. The Balaban J connectivity index is 1.52. The van der Waals surface area contributed by atoms with Gasteiger partial charge in [0.1, 0.15) is 0 Å². The average molecular weight is 448 g/mol. The minimum absolute atomic E-state index is 0.316. The maximum absolute atomic E-state index is 6.20. The van der Waals surface area contributed by atoms with Crippen LogP contribution in [-0.2, 0) is 0 Å². The predicted molar refractivity (Wildman–Crippen MR) is 136 cm³/mol. The number of allylic oxidation sites excluding steroid dienone is 4. The third-order valence-electron chi connectivity index (χ3n) is 7.74. The summed E-state index contributed by atoms with van der Waals surface area (Å²) in [5, 5.41) is 8.53. The number of hydrogen-bond donors (Lipinski definition) is 2. The molecule has 4 heteroatoms. The van der Waals surface area contributed by atoms with Crippen LogP contribution in [0.15, 0.2) is 34.4 Å². The third kappa shape index (κ3) is 7.19. The monoisotopic (exact) mass is 447 g/mol. The number of piperidine rings is 1. The summed E-state index contributed by atoms with van der Waals surface area (Å²) in [6.45, 7) is 17.6. The molecule has 0 aromatic heterocycles. The third-order valence-corrected chi connectivity index (χ3v) is 8.05. The second-order valence-corrected chi connectivity index (χ2v) is 11.5. The molecule has 3 rings (SSSR count). The van der Waals surface area contributed by atoms with Crippen LogP contribution in [0.4, 0.5) is 0 Å². The van der Waals surface area contributed by atoms with Gasteiger partial charge < -0.3 is 15.5 Å². The fourth-order valence-electron chi connectivity index (χ4n) is 5.80. The lowest BCUT2D eigenvalue weighted by Crippen LogP contribution is -2.52. The lowest BCUT2D eigenvalue weighted by molar-refractivity contribution is 0.0608. The average Bonchev–Trinajstić information content (AvgIpc) is 2.72. The zero-order chi connectivity index (χ0) is 22.4. The first-order valence-corrected chi connectivity index (χ1v) is 13.1. The van der Waals surface area contributed by atoms with Crippen LogP contribution in [0.3, 0.4) is 0 Å². The van der Waals surface area contributed by atoms with Crippen LogP contribution in [0.5, 0.6) is 0 Å². The minimum atomic E-state index is 0.316. The first kappa shape index (κ1) is 25.0. The van der Waals surface area contributed by atoms with Crippen molar-refractivity contribution in [2.24, 2.45) is 17.3 Å². The Bertz CT molecular complexity index is 676. The van der Waals surface area contributed by atoms with Crippen molar-refractivity contribution in [1.82, 2.24) is 15.5 Å². The molecule has 0 amide bonds. The van der Waals surface area contributed by atoms with Crippen molar-refractivity contribution in [3.63, 3.8) is 0 Å². The van der Waals surface area contributed by atoms with Gasteiger partial charge in [0, 0.05) is 36.8 Å². The van der Waals surface area contributed by atoms with Gasteiger partial charge in [0.15, 0.2) is 0 Å². The molecule has 31 heavy (non-hydrogen) atoms. The molecule has 176 valence electrons. The van der Waals surface area contributed by atoms with E-state index in [4.69, 9.17) is 11.6 Å². The Hall–Kier alpha value is -0.610. The molecule has 1 heterocycles. The highest BCUT2D eigenvalue weighted by Gasteiger charge is 2.38. The van der Waals surface area contributed by atoms with Gasteiger partial charge in [-0.2, -0.15) is 0 Å². The van der Waals surface area contributed by atoms with Crippen molar-refractivity contribution in [2.75, 3.05) is 32.7 Å². The summed E-state index contributed by atoms with van der Waals surface area (Å²) < 4.78 is 0. The topological polar surface area (TPSA) is 27.3 Å². The number of hydrogen-bond acceptors (Lipinski definition) is 3. The van der Waals surface area contributed by atoms with Crippen molar-refractivity contribution >= 4 is 11.6 Å². The molecular formula is C27H46ClN3. The Morgan fingerprint density at radius 2 is 1.97 bits per heavy atom. The summed E-state index contributed by atoms with van der Waals surface area (Å²) in [5.41, 5.74) is 3.54. The normalized spacial score (nSPS) is 28.2. The van der Waals surface area contributed by atoms with E-state index in [9.17, 15) is 0 Å². The minimum Gasteiger partial charge on any atom is -0.314 e. The Morgan fingerprint density at radius 1 is 1.16 bits per heavy atom. The van der Waals surface area contributed by atoms with Gasteiger partial charge in [-0.3, -0.25) is 0 Å². The van der Waals surface area contributed by atoms with E-state index < -0.39 is 0 Å². The van der Waals surface area contributed by atoms with Crippen molar-refractivity contribution in [1.29, 1.82) is 0 Å². The highest BCUT2D eigenvalue weighted by molar-refractivity contribution is 6.29. The Labute approximate surface area is 196 Å². The van der Waals surface area contributed by atoms with E-state index in [1.54, 1.807) is 11.1 Å². The summed E-state index contributed by atoms with van der Waals surface area (Å²) in [6, 6.07) is 1.24. The zero-order valence-electron chi connectivity index (χ0n) is 20.6. The first-order valence-electron chi connectivity index (χ1n) is 12.7. The highest BCUT2D eigenvalue weighted by Crippen LogP contribution is 2.42. The van der Waals surface area contributed by atoms with Gasteiger partial charge in [0.2, 0.25) is 0 Å². The van der Waals surface area contributed by atoms with Gasteiger partial charge in [-0.1, -0.05) is 69.5 Å². The Kier molecular flexibility index (Phi) is 9.28. The van der Waals surface area contributed by atoms with Crippen LogP contribution in [-0.4, -0.2) is 49.7 Å². The second-order valence-electron chi connectivity index (χ2n) is 11.0. The van der Waals surface area contributed by atoms with Crippen molar-refractivity contribution in [3.8, 4) is 0 Å². The maximum Gasteiger partial charge on any atom is 0.0221 e. The largest absolute Gasteiger partial charge is 0.314 e. The molecule has 0 aromatic rings. The number of nitrogens with one attached hydrogen (secondary N) is 2. The van der Waals surface area contributed by atoms with Crippen molar-refractivity contribution in [2.45, 2.75) is 85.2 Å². The van der Waals surface area contributed by atoms with Crippen LogP contribution in [0, 0.1) is 17.3 Å². The van der Waals surface area contributed by atoms with E-state index >= 15 is 0 Å². The molecule has 1 fully saturated rings. The van der Waals surface area contributed by atoms with Gasteiger partial charge in [-0.25, -0.2) is 0 Å². The number of halogens is 1. The molecule has 0 spiro atoms. The second kappa shape index (κ2) is 11.5. The highest BCUT2D eigenvalue weighted by atomic mass is 35.5. The fraction of sp³-hybridized carbons (Fsp3) is 0.778. The van der Waals surface area contributed by atoms with Crippen LogP contribution in [0.1, 0.15) is 73.1 Å². The first-order chi connectivity index (χ1) is 14.8. The molecule has 2 aliphatic carbocycles. The molecule has 1 aliphatic heterocycles. The van der Waals surface area contributed by atoms with Gasteiger partial charge in [-0.05, 0) is 74.9 Å². The van der Waals surface area contributed by atoms with Crippen molar-refractivity contribution in [3.05, 3.63) is 34.4 Å². The van der Waals surface area contributed by atoms with E-state index in [1.807, 2.05) is 0 Å². The smallest absolute Gasteiger partial charge is 0.0221 e. The standard InChI is InChI=1S/C27H46ClN3/c1-6-29-24-13-7-21(8-14-24)17-30-26(20(2)3)18-31-16-15-25(27(4,5)19-31)22-9-11-23(28)12-10-22/h7,9,11,20,24-26,29-30H,6,8,10,12-19H2,1-5H3/t24?,25-,26+/m1/s1. The molecule has 0 aromatic carbocycles. The van der Waals surface area contributed by atoms with Crippen LogP contribution < -0.4 is 10.6 Å². The van der Waals surface area contributed by atoms with Gasteiger partial charge in [-0.15, -0.1) is 0 Å². The molecule has 0 radical (unpaired) electrons. The molecule has 1 saturated heterocycles. The van der Waals surface area contributed by atoms with E-state index in [1.165, 1.54) is 38.8 Å². The van der Waals surface area contributed by atoms with E-state index in [0.29, 0.717) is 29.3 Å². The zero-order valence-corrected chi connectivity index (χ0v) is 21.4. The van der Waals surface area contributed by atoms with Gasteiger partial charge in [0.05, 0.1) is 0 Å². The molecule has 3 atom stereocenters. The van der Waals surface area contributed by atoms with Gasteiger partial charge >= 0.3 is 0 Å². The summed E-state index contributed by atoms with van der Waals surface area (Å²) in [6.07, 6.45) is 14.1. The molecule has 0 bridgehead atoms. The molecule has 0 saturated carbocycles. The summed E-state index contributed by atoms with van der Waals surface area (Å²) in [5.74, 6) is 1.33. The van der Waals surface area contributed by atoms with Crippen LogP contribution >= 0.6 is 11.6 Å². The van der Waals surface area contributed by atoms with E-state index in [2.05, 4.69) is 68.4 Å². The van der Waals surface area contributed by atoms with Gasteiger partial charge in [0.25, 0.3) is 0 Å². The molecule has 2 N–H and O–H groups in total. The lowest BCUT2D eigenvalue weighted by Gasteiger charge is -2.47. The summed E-state index contributed by atoms with van der Waals surface area (Å²) in [4.78, 5) is 2.72. The Morgan fingerprint density at radius 3 is 2.55 bits per heavy atom. The predicted octanol–water partition coefficient (Wildman–Crippen LogP) is 5.88. The lowest BCUT2D eigenvalue weighted by atomic mass is 9.68. The van der Waals surface area contributed by atoms with Crippen LogP contribution in [0.25, 0.3) is 0 Å². The summed E-state index contributed by atoms with van der Waals surface area (Å²) in [7, 11) is 0. The maximum atomic E-state index is 6.20. The molecule has 3 aliphatic rings. The number of likely N-dealkylation sites (tertiary alicyclic amines) is 1. The fourth-order valence-corrected chi connectivity index (χ4v) is 5.96. The van der Waals surface area contributed by atoms with Crippen molar-refractivity contribution < 1.29 is 0 Å². The molecule has 3 nitrogen and oxygen atoms in total. The van der Waals surface area contributed by atoms with Crippen LogP contribution in [0.2, 0.25) is 0 Å².